The quantitative estimate of drug-likeness (QED) is 0.858. The highest BCUT2D eigenvalue weighted by atomic mass is 35.5. The molecule has 0 fully saturated rings. The van der Waals surface area contributed by atoms with E-state index in [4.69, 9.17) is 16.3 Å². The molecule has 19 heavy (non-hydrogen) atoms. The topological polar surface area (TPSA) is 21.3 Å². The van der Waals surface area contributed by atoms with Crippen molar-refractivity contribution < 1.29 is 4.74 Å². The molecule has 2 rings (SSSR count). The predicted molar refractivity (Wildman–Crippen MR) is 82.4 cm³/mol. The van der Waals surface area contributed by atoms with Crippen molar-refractivity contribution in [2.45, 2.75) is 19.4 Å². The van der Waals surface area contributed by atoms with Crippen LogP contribution in [0.5, 0.6) is 5.75 Å². The van der Waals surface area contributed by atoms with Crippen LogP contribution >= 0.6 is 22.9 Å². The molecule has 1 N–H and O–H groups in total. The van der Waals surface area contributed by atoms with Crippen LogP contribution in [0.15, 0.2) is 35.7 Å². The average Bonchev–Trinajstić information content (AvgIpc) is 2.92. The van der Waals surface area contributed by atoms with Crippen LogP contribution in [0.3, 0.4) is 0 Å². The van der Waals surface area contributed by atoms with Crippen molar-refractivity contribution in [1.82, 2.24) is 5.32 Å². The standard InChI is InChI=1S/C15H18ClNOS/c1-11(17-2)14-10-12(16)5-6-15(14)18-8-7-13-4-3-9-19-13/h3-6,9-11,17H,7-8H2,1-2H3. The first kappa shape index (κ1) is 14.4. The van der Waals surface area contributed by atoms with Gasteiger partial charge in [-0.2, -0.15) is 0 Å². The summed E-state index contributed by atoms with van der Waals surface area (Å²) in [6.45, 7) is 2.78. The van der Waals surface area contributed by atoms with E-state index in [0.29, 0.717) is 6.61 Å². The Kier molecular flexibility index (Phi) is 5.25. The van der Waals surface area contributed by atoms with E-state index in [2.05, 4.69) is 29.8 Å². The van der Waals surface area contributed by atoms with Crippen LogP contribution in [-0.4, -0.2) is 13.7 Å². The van der Waals surface area contributed by atoms with Gasteiger partial charge in [0, 0.05) is 27.9 Å². The van der Waals surface area contributed by atoms with Crippen molar-refractivity contribution in [3.63, 3.8) is 0 Å². The van der Waals surface area contributed by atoms with Gasteiger partial charge in [-0.05, 0) is 43.6 Å². The normalized spacial score (nSPS) is 12.4. The Morgan fingerprint density at radius 1 is 1.37 bits per heavy atom. The van der Waals surface area contributed by atoms with Gasteiger partial charge in [-0.25, -0.2) is 0 Å². The number of halogens is 1. The predicted octanol–water partition coefficient (Wildman–Crippen LogP) is 4.30. The molecule has 2 nitrogen and oxygen atoms in total. The number of benzene rings is 1. The van der Waals surface area contributed by atoms with E-state index in [1.165, 1.54) is 4.88 Å². The molecule has 0 saturated heterocycles. The summed E-state index contributed by atoms with van der Waals surface area (Å²) in [6, 6.07) is 10.2. The maximum absolute atomic E-state index is 6.05. The average molecular weight is 296 g/mol. The molecule has 1 unspecified atom stereocenters. The summed E-state index contributed by atoms with van der Waals surface area (Å²) < 4.78 is 5.90. The Bertz CT molecular complexity index is 513. The smallest absolute Gasteiger partial charge is 0.124 e. The minimum absolute atomic E-state index is 0.218. The maximum atomic E-state index is 6.05. The molecule has 0 saturated carbocycles. The van der Waals surface area contributed by atoms with Crippen molar-refractivity contribution in [2.24, 2.45) is 0 Å². The molecule has 2 aromatic rings. The largest absolute Gasteiger partial charge is 0.493 e. The molecule has 0 aliphatic carbocycles. The Morgan fingerprint density at radius 3 is 2.89 bits per heavy atom. The van der Waals surface area contributed by atoms with E-state index in [1.807, 2.05) is 25.2 Å². The van der Waals surface area contributed by atoms with Gasteiger partial charge < -0.3 is 10.1 Å². The third-order valence-corrected chi connectivity index (χ3v) is 4.23. The molecule has 1 aromatic carbocycles. The monoisotopic (exact) mass is 295 g/mol. The molecule has 0 bridgehead atoms. The number of hydrogen-bond donors (Lipinski definition) is 1. The molecule has 0 radical (unpaired) electrons. The Morgan fingerprint density at radius 2 is 2.21 bits per heavy atom. The van der Waals surface area contributed by atoms with Gasteiger partial charge in [0.15, 0.2) is 0 Å². The summed E-state index contributed by atoms with van der Waals surface area (Å²) >= 11 is 7.81. The van der Waals surface area contributed by atoms with Crippen molar-refractivity contribution in [3.8, 4) is 5.75 Å². The zero-order valence-electron chi connectivity index (χ0n) is 11.2. The summed E-state index contributed by atoms with van der Waals surface area (Å²) in [4.78, 5) is 1.34. The highest BCUT2D eigenvalue weighted by Gasteiger charge is 2.11. The lowest BCUT2D eigenvalue weighted by Gasteiger charge is -2.16. The van der Waals surface area contributed by atoms with E-state index >= 15 is 0 Å². The van der Waals surface area contributed by atoms with Crippen LogP contribution < -0.4 is 10.1 Å². The maximum Gasteiger partial charge on any atom is 0.124 e. The van der Waals surface area contributed by atoms with E-state index < -0.39 is 0 Å². The molecule has 102 valence electrons. The fourth-order valence-corrected chi connectivity index (χ4v) is 2.73. The van der Waals surface area contributed by atoms with E-state index in [0.717, 1.165) is 22.8 Å². The van der Waals surface area contributed by atoms with Gasteiger partial charge in [0.2, 0.25) is 0 Å². The second-order valence-corrected chi connectivity index (χ2v) is 5.84. The first-order valence-electron chi connectivity index (χ1n) is 6.32. The third kappa shape index (κ3) is 3.96. The molecular formula is C15H18ClNOS. The zero-order valence-corrected chi connectivity index (χ0v) is 12.7. The van der Waals surface area contributed by atoms with E-state index in [1.54, 1.807) is 11.3 Å². The number of ether oxygens (including phenoxy) is 1. The van der Waals surface area contributed by atoms with Crippen LogP contribution in [0.1, 0.15) is 23.4 Å². The number of nitrogens with one attached hydrogen (secondary N) is 1. The van der Waals surface area contributed by atoms with Crippen LogP contribution in [0.25, 0.3) is 0 Å². The van der Waals surface area contributed by atoms with Gasteiger partial charge in [-0.15, -0.1) is 11.3 Å². The van der Waals surface area contributed by atoms with Gasteiger partial charge in [0.05, 0.1) is 6.61 Å². The number of thiophene rings is 1. The van der Waals surface area contributed by atoms with Crippen molar-refractivity contribution in [1.29, 1.82) is 0 Å². The van der Waals surface area contributed by atoms with Crippen molar-refractivity contribution >= 4 is 22.9 Å². The zero-order chi connectivity index (χ0) is 13.7. The Hall–Kier alpha value is -1.03. The number of rotatable bonds is 6. The SMILES string of the molecule is CNC(C)c1cc(Cl)ccc1OCCc1cccs1. The first-order chi connectivity index (χ1) is 9.20. The Labute approximate surface area is 123 Å². The lowest BCUT2D eigenvalue weighted by molar-refractivity contribution is 0.316. The highest BCUT2D eigenvalue weighted by molar-refractivity contribution is 7.09. The molecule has 4 heteroatoms. The highest BCUT2D eigenvalue weighted by Crippen LogP contribution is 2.28. The lowest BCUT2D eigenvalue weighted by Crippen LogP contribution is -2.14. The second-order valence-electron chi connectivity index (χ2n) is 4.37. The van der Waals surface area contributed by atoms with Crippen LogP contribution in [0, 0.1) is 0 Å². The third-order valence-electron chi connectivity index (χ3n) is 3.06. The van der Waals surface area contributed by atoms with Crippen LogP contribution in [0.2, 0.25) is 5.02 Å². The summed E-state index contributed by atoms with van der Waals surface area (Å²) in [5.74, 6) is 0.905. The van der Waals surface area contributed by atoms with Gasteiger partial charge >= 0.3 is 0 Å². The molecular weight excluding hydrogens is 278 g/mol. The molecule has 1 atom stereocenters. The minimum Gasteiger partial charge on any atom is -0.493 e. The van der Waals surface area contributed by atoms with Crippen molar-refractivity contribution in [2.75, 3.05) is 13.7 Å². The summed E-state index contributed by atoms with van der Waals surface area (Å²) in [5, 5.41) is 6.04. The molecule has 1 aromatic heterocycles. The van der Waals surface area contributed by atoms with Gasteiger partial charge in [0.1, 0.15) is 5.75 Å². The van der Waals surface area contributed by atoms with Gasteiger partial charge in [-0.3, -0.25) is 0 Å². The van der Waals surface area contributed by atoms with Crippen LogP contribution in [0.4, 0.5) is 0 Å². The van der Waals surface area contributed by atoms with Gasteiger partial charge in [-0.1, -0.05) is 17.7 Å². The summed E-state index contributed by atoms with van der Waals surface area (Å²) in [7, 11) is 1.93. The molecule has 0 spiro atoms. The summed E-state index contributed by atoms with van der Waals surface area (Å²) in [5.41, 5.74) is 1.10. The fourth-order valence-electron chi connectivity index (χ4n) is 1.86. The van der Waals surface area contributed by atoms with E-state index in [-0.39, 0.29) is 6.04 Å². The number of hydrogen-bond acceptors (Lipinski definition) is 3. The second kappa shape index (κ2) is 6.94. The first-order valence-corrected chi connectivity index (χ1v) is 7.58. The minimum atomic E-state index is 0.218. The van der Waals surface area contributed by atoms with Crippen LogP contribution in [-0.2, 0) is 6.42 Å². The molecule has 0 aliphatic rings. The summed E-state index contributed by atoms with van der Waals surface area (Å²) in [6.07, 6.45) is 0.938. The molecule has 0 amide bonds. The fraction of sp³-hybridized carbons (Fsp3) is 0.333. The van der Waals surface area contributed by atoms with Gasteiger partial charge in [0.25, 0.3) is 0 Å². The molecule has 1 heterocycles. The van der Waals surface area contributed by atoms with Crippen molar-refractivity contribution in [3.05, 3.63) is 51.2 Å². The van der Waals surface area contributed by atoms with E-state index in [9.17, 15) is 0 Å². The Balaban J connectivity index is 2.02. The lowest BCUT2D eigenvalue weighted by atomic mass is 10.1. The molecule has 0 aliphatic heterocycles.